The van der Waals surface area contributed by atoms with E-state index in [1.807, 2.05) is 29.2 Å². The summed E-state index contributed by atoms with van der Waals surface area (Å²) in [7, 11) is 0. The third kappa shape index (κ3) is 3.77. The van der Waals surface area contributed by atoms with Crippen molar-refractivity contribution in [3.8, 4) is 0 Å². The highest BCUT2D eigenvalue weighted by atomic mass is 32.2. The van der Waals surface area contributed by atoms with Crippen molar-refractivity contribution in [1.29, 1.82) is 0 Å². The number of amides is 1. The Balaban J connectivity index is 1.43. The number of piperidine rings is 1. The van der Waals surface area contributed by atoms with E-state index in [4.69, 9.17) is 9.47 Å². The molecule has 0 bridgehead atoms. The van der Waals surface area contributed by atoms with Crippen LogP contribution in [0.5, 0.6) is 0 Å². The van der Waals surface area contributed by atoms with Crippen LogP contribution in [0.1, 0.15) is 28.1 Å². The average Bonchev–Trinajstić information content (AvgIpc) is 3.33. The number of thioether (sulfide) groups is 1. The number of benzene rings is 1. The van der Waals surface area contributed by atoms with Crippen molar-refractivity contribution in [2.45, 2.75) is 29.3 Å². The minimum atomic E-state index is -0.440. The van der Waals surface area contributed by atoms with Crippen LogP contribution >= 0.6 is 23.1 Å². The molecule has 2 aliphatic rings. The van der Waals surface area contributed by atoms with E-state index in [2.05, 4.69) is 17.5 Å². The molecule has 0 radical (unpaired) electrons. The number of rotatable bonds is 4. The van der Waals surface area contributed by atoms with Gasteiger partial charge in [0.05, 0.1) is 18.8 Å². The normalized spacial score (nSPS) is 19.4. The van der Waals surface area contributed by atoms with E-state index in [1.165, 1.54) is 4.88 Å². The number of nitrogens with zero attached hydrogens (tertiary/aromatic N) is 1. The van der Waals surface area contributed by atoms with Crippen LogP contribution in [0.25, 0.3) is 0 Å². The number of likely N-dealkylation sites (tertiary alicyclic amines) is 1. The van der Waals surface area contributed by atoms with Gasteiger partial charge in [0.15, 0.2) is 5.79 Å². The monoisotopic (exact) mass is 375 g/mol. The molecule has 0 N–H and O–H groups in total. The maximum absolute atomic E-state index is 13.0. The summed E-state index contributed by atoms with van der Waals surface area (Å²) in [6.07, 6.45) is 1.51. The lowest BCUT2D eigenvalue weighted by atomic mass is 10.0. The highest BCUT2D eigenvalue weighted by Crippen LogP contribution is 2.33. The van der Waals surface area contributed by atoms with Crippen LogP contribution in [0.2, 0.25) is 0 Å². The second-order valence-corrected chi connectivity index (χ2v) is 8.31. The first-order chi connectivity index (χ1) is 12.3. The average molecular weight is 376 g/mol. The van der Waals surface area contributed by atoms with Gasteiger partial charge in [-0.05, 0) is 23.6 Å². The molecule has 0 unspecified atom stereocenters. The van der Waals surface area contributed by atoms with Crippen molar-refractivity contribution in [2.75, 3.05) is 26.3 Å². The summed E-state index contributed by atoms with van der Waals surface area (Å²) in [6, 6.07) is 12.1. The molecule has 1 aromatic carbocycles. The van der Waals surface area contributed by atoms with Crippen molar-refractivity contribution in [3.05, 3.63) is 52.2 Å². The molecule has 0 saturated carbocycles. The fourth-order valence-corrected chi connectivity index (χ4v) is 5.14. The van der Waals surface area contributed by atoms with E-state index >= 15 is 0 Å². The molecule has 2 aliphatic heterocycles. The topological polar surface area (TPSA) is 38.8 Å². The maximum Gasteiger partial charge on any atom is 0.254 e. The SMILES string of the molecule is O=C(c1ccccc1SCc1cccs1)N1CCC2(CC1)OCCO2. The van der Waals surface area contributed by atoms with E-state index in [0.717, 1.165) is 29.1 Å². The predicted molar refractivity (Wildman–Crippen MR) is 100 cm³/mol. The van der Waals surface area contributed by atoms with Crippen LogP contribution in [-0.4, -0.2) is 42.9 Å². The molecule has 1 amide bonds. The molecule has 0 atom stereocenters. The van der Waals surface area contributed by atoms with Gasteiger partial charge in [-0.1, -0.05) is 18.2 Å². The molecule has 0 aliphatic carbocycles. The smallest absolute Gasteiger partial charge is 0.254 e. The Kier molecular flexibility index (Phi) is 5.12. The van der Waals surface area contributed by atoms with Crippen molar-refractivity contribution in [3.63, 3.8) is 0 Å². The summed E-state index contributed by atoms with van der Waals surface area (Å²) in [5.74, 6) is 0.568. The lowest BCUT2D eigenvalue weighted by Gasteiger charge is -2.37. The minimum absolute atomic E-state index is 0.113. The second-order valence-electron chi connectivity index (χ2n) is 6.26. The third-order valence-corrected chi connectivity index (χ3v) is 6.87. The molecule has 4 nitrogen and oxygen atoms in total. The lowest BCUT2D eigenvalue weighted by Crippen LogP contribution is -2.47. The van der Waals surface area contributed by atoms with Gasteiger partial charge in [0, 0.05) is 41.5 Å². The zero-order valence-electron chi connectivity index (χ0n) is 14.0. The van der Waals surface area contributed by atoms with E-state index in [1.54, 1.807) is 23.1 Å². The highest BCUT2D eigenvalue weighted by molar-refractivity contribution is 7.98. The van der Waals surface area contributed by atoms with Crippen LogP contribution in [-0.2, 0) is 15.2 Å². The van der Waals surface area contributed by atoms with Gasteiger partial charge in [-0.3, -0.25) is 4.79 Å². The fraction of sp³-hybridized carbons (Fsp3) is 0.421. The third-order valence-electron chi connectivity index (χ3n) is 4.69. The van der Waals surface area contributed by atoms with Gasteiger partial charge in [0.2, 0.25) is 0 Å². The molecule has 2 aromatic rings. The lowest BCUT2D eigenvalue weighted by molar-refractivity contribution is -0.181. The maximum atomic E-state index is 13.0. The molecular formula is C19H21NO3S2. The number of carbonyl (C=O) groups is 1. The van der Waals surface area contributed by atoms with Gasteiger partial charge in [0.25, 0.3) is 5.91 Å². The standard InChI is InChI=1S/C19H21NO3S2/c21-18(20-9-7-19(8-10-20)22-11-12-23-19)16-5-1-2-6-17(16)25-14-15-4-3-13-24-15/h1-6,13H,7-12,14H2. The fourth-order valence-electron chi connectivity index (χ4n) is 3.32. The van der Waals surface area contributed by atoms with Gasteiger partial charge in [-0.25, -0.2) is 0 Å². The molecule has 132 valence electrons. The molecule has 1 spiro atoms. The summed E-state index contributed by atoms with van der Waals surface area (Å²) in [6.45, 7) is 2.69. The minimum Gasteiger partial charge on any atom is -0.347 e. The molecule has 4 rings (SSSR count). The summed E-state index contributed by atoms with van der Waals surface area (Å²) in [4.78, 5) is 17.3. The zero-order valence-corrected chi connectivity index (χ0v) is 15.6. The largest absolute Gasteiger partial charge is 0.347 e. The number of ether oxygens (including phenoxy) is 2. The second kappa shape index (κ2) is 7.50. The molecule has 2 saturated heterocycles. The van der Waals surface area contributed by atoms with Gasteiger partial charge in [-0.15, -0.1) is 23.1 Å². The van der Waals surface area contributed by atoms with Crippen LogP contribution in [0.3, 0.4) is 0 Å². The Morgan fingerprint density at radius 3 is 2.60 bits per heavy atom. The van der Waals surface area contributed by atoms with E-state index in [0.29, 0.717) is 26.3 Å². The van der Waals surface area contributed by atoms with E-state index in [9.17, 15) is 4.79 Å². The summed E-state index contributed by atoms with van der Waals surface area (Å²) < 4.78 is 11.5. The quantitative estimate of drug-likeness (QED) is 0.757. The number of hydrogen-bond acceptors (Lipinski definition) is 5. The Hall–Kier alpha value is -1.34. The van der Waals surface area contributed by atoms with Crippen molar-refractivity contribution in [1.82, 2.24) is 4.90 Å². The number of carbonyl (C=O) groups excluding carboxylic acids is 1. The summed E-state index contributed by atoms with van der Waals surface area (Å²) >= 11 is 3.48. The van der Waals surface area contributed by atoms with Gasteiger partial charge in [0.1, 0.15) is 0 Å². The Morgan fingerprint density at radius 1 is 1.12 bits per heavy atom. The Bertz CT molecular complexity index is 716. The van der Waals surface area contributed by atoms with Crippen LogP contribution in [0, 0.1) is 0 Å². The number of hydrogen-bond donors (Lipinski definition) is 0. The van der Waals surface area contributed by atoms with Crippen LogP contribution < -0.4 is 0 Å². The van der Waals surface area contributed by atoms with Gasteiger partial charge in [-0.2, -0.15) is 0 Å². The van der Waals surface area contributed by atoms with Crippen molar-refractivity contribution >= 4 is 29.0 Å². The van der Waals surface area contributed by atoms with E-state index in [-0.39, 0.29) is 5.91 Å². The predicted octanol–water partition coefficient (Wildman–Crippen LogP) is 4.02. The molecule has 25 heavy (non-hydrogen) atoms. The first-order valence-corrected chi connectivity index (χ1v) is 10.4. The van der Waals surface area contributed by atoms with Crippen LogP contribution in [0.15, 0.2) is 46.7 Å². The van der Waals surface area contributed by atoms with Crippen LogP contribution in [0.4, 0.5) is 0 Å². The highest BCUT2D eigenvalue weighted by Gasteiger charge is 2.41. The number of thiophene rings is 1. The van der Waals surface area contributed by atoms with Gasteiger partial charge >= 0.3 is 0 Å². The Labute approximate surface area is 156 Å². The summed E-state index contributed by atoms with van der Waals surface area (Å²) in [5.41, 5.74) is 0.799. The first kappa shape index (κ1) is 17.1. The first-order valence-electron chi connectivity index (χ1n) is 8.57. The molecule has 2 fully saturated rings. The van der Waals surface area contributed by atoms with Crippen molar-refractivity contribution in [2.24, 2.45) is 0 Å². The molecular weight excluding hydrogens is 354 g/mol. The zero-order chi connectivity index (χ0) is 17.1. The molecule has 1 aromatic heterocycles. The summed E-state index contributed by atoms with van der Waals surface area (Å²) in [5, 5.41) is 2.09. The Morgan fingerprint density at radius 2 is 1.88 bits per heavy atom. The van der Waals surface area contributed by atoms with Gasteiger partial charge < -0.3 is 14.4 Å². The van der Waals surface area contributed by atoms with Crippen molar-refractivity contribution < 1.29 is 14.3 Å². The molecule has 6 heteroatoms. The molecule has 3 heterocycles. The van der Waals surface area contributed by atoms with E-state index < -0.39 is 5.79 Å².